The van der Waals surface area contributed by atoms with E-state index in [1.54, 1.807) is 0 Å². The first kappa shape index (κ1) is 14.7. The molecule has 0 spiro atoms. The summed E-state index contributed by atoms with van der Waals surface area (Å²) >= 11 is 3.61. The summed E-state index contributed by atoms with van der Waals surface area (Å²) < 4.78 is 12.4. The average molecular weight is 328 g/mol. The molecule has 19 heavy (non-hydrogen) atoms. The van der Waals surface area contributed by atoms with Crippen LogP contribution in [0.3, 0.4) is 0 Å². The second kappa shape index (κ2) is 6.62. The van der Waals surface area contributed by atoms with Crippen LogP contribution in [0.1, 0.15) is 44.7 Å². The van der Waals surface area contributed by atoms with Crippen LogP contribution in [0.15, 0.2) is 16.6 Å². The summed E-state index contributed by atoms with van der Waals surface area (Å²) in [6, 6.07) is 4.03. The first-order valence-electron chi connectivity index (χ1n) is 6.98. The second-order valence-corrected chi connectivity index (χ2v) is 6.02. The number of benzene rings is 1. The molecule has 3 nitrogen and oxygen atoms in total. The van der Waals surface area contributed by atoms with Crippen LogP contribution in [0.2, 0.25) is 0 Å². The van der Waals surface area contributed by atoms with Crippen LogP contribution in [0.4, 0.5) is 0 Å². The number of rotatable bonds is 4. The van der Waals surface area contributed by atoms with Crippen LogP contribution >= 0.6 is 15.9 Å². The van der Waals surface area contributed by atoms with Gasteiger partial charge in [0, 0.05) is 16.9 Å². The van der Waals surface area contributed by atoms with Crippen LogP contribution in [0.25, 0.3) is 0 Å². The largest absolute Gasteiger partial charge is 0.490 e. The molecule has 2 rings (SSSR count). The molecule has 0 aromatic heterocycles. The van der Waals surface area contributed by atoms with Gasteiger partial charge in [0.1, 0.15) is 0 Å². The Bertz CT molecular complexity index is 436. The molecular weight excluding hydrogens is 306 g/mol. The first-order chi connectivity index (χ1) is 9.13. The van der Waals surface area contributed by atoms with E-state index in [-0.39, 0.29) is 6.04 Å². The maximum absolute atomic E-state index is 6.37. The molecule has 0 fully saturated rings. The second-order valence-electron chi connectivity index (χ2n) is 5.16. The summed E-state index contributed by atoms with van der Waals surface area (Å²) in [5, 5.41) is 0. The Balaban J connectivity index is 2.28. The minimum atomic E-state index is 0.0199. The number of fused-ring (bicyclic) bond motifs is 1. The summed E-state index contributed by atoms with van der Waals surface area (Å²) in [7, 11) is 0. The fourth-order valence-electron chi connectivity index (χ4n) is 2.40. The number of hydrogen-bond donors (Lipinski definition) is 1. The zero-order valence-corrected chi connectivity index (χ0v) is 13.2. The van der Waals surface area contributed by atoms with Gasteiger partial charge in [-0.2, -0.15) is 0 Å². The number of hydrogen-bond acceptors (Lipinski definition) is 3. The van der Waals surface area contributed by atoms with E-state index in [4.69, 9.17) is 15.2 Å². The number of nitrogens with two attached hydrogens (primary N) is 1. The molecule has 2 N–H and O–H groups in total. The van der Waals surface area contributed by atoms with E-state index < -0.39 is 0 Å². The van der Waals surface area contributed by atoms with Crippen molar-refractivity contribution in [3.8, 4) is 11.5 Å². The molecule has 0 bridgehead atoms. The molecule has 1 aliphatic heterocycles. The molecule has 0 amide bonds. The number of halogens is 1. The zero-order valence-electron chi connectivity index (χ0n) is 11.6. The van der Waals surface area contributed by atoms with Gasteiger partial charge in [-0.15, -0.1) is 0 Å². The van der Waals surface area contributed by atoms with E-state index in [1.807, 2.05) is 12.1 Å². The molecule has 2 unspecified atom stereocenters. The molecule has 0 radical (unpaired) electrons. The Labute approximate surface area is 123 Å². The highest BCUT2D eigenvalue weighted by molar-refractivity contribution is 9.10. The van der Waals surface area contributed by atoms with E-state index in [0.717, 1.165) is 40.8 Å². The normalized spacial score (nSPS) is 17.7. The molecule has 2 atom stereocenters. The third-order valence-electron chi connectivity index (χ3n) is 3.58. The quantitative estimate of drug-likeness (QED) is 0.907. The Morgan fingerprint density at radius 2 is 1.89 bits per heavy atom. The van der Waals surface area contributed by atoms with Crippen molar-refractivity contribution in [2.45, 2.75) is 39.2 Å². The topological polar surface area (TPSA) is 44.5 Å². The number of ether oxygens (including phenoxy) is 2. The van der Waals surface area contributed by atoms with Gasteiger partial charge in [0.05, 0.1) is 13.2 Å². The van der Waals surface area contributed by atoms with E-state index in [2.05, 4.69) is 29.8 Å². The lowest BCUT2D eigenvalue weighted by atomic mass is 9.91. The van der Waals surface area contributed by atoms with Gasteiger partial charge < -0.3 is 15.2 Å². The zero-order chi connectivity index (χ0) is 13.8. The Morgan fingerprint density at radius 1 is 1.26 bits per heavy atom. The van der Waals surface area contributed by atoms with Crippen molar-refractivity contribution in [3.05, 3.63) is 22.2 Å². The van der Waals surface area contributed by atoms with Crippen molar-refractivity contribution in [2.24, 2.45) is 11.7 Å². The lowest BCUT2D eigenvalue weighted by Gasteiger charge is -2.22. The summed E-state index contributed by atoms with van der Waals surface area (Å²) in [4.78, 5) is 0. The van der Waals surface area contributed by atoms with Crippen LogP contribution < -0.4 is 15.2 Å². The third kappa shape index (κ3) is 3.42. The Hall–Kier alpha value is -0.740. The molecule has 0 aliphatic carbocycles. The predicted octanol–water partition coefficient (Wildman–Crippen LogP) is 4.05. The summed E-state index contributed by atoms with van der Waals surface area (Å²) in [5.74, 6) is 2.07. The van der Waals surface area contributed by atoms with Crippen LogP contribution in [0.5, 0.6) is 11.5 Å². The summed E-state index contributed by atoms with van der Waals surface area (Å²) in [5.41, 5.74) is 7.47. The van der Waals surface area contributed by atoms with Gasteiger partial charge in [-0.1, -0.05) is 36.2 Å². The Morgan fingerprint density at radius 3 is 2.53 bits per heavy atom. The van der Waals surface area contributed by atoms with Crippen molar-refractivity contribution in [2.75, 3.05) is 13.2 Å². The van der Waals surface area contributed by atoms with E-state index in [9.17, 15) is 0 Å². The van der Waals surface area contributed by atoms with Gasteiger partial charge in [0.2, 0.25) is 0 Å². The highest BCUT2D eigenvalue weighted by atomic mass is 79.9. The van der Waals surface area contributed by atoms with Gasteiger partial charge in [0.25, 0.3) is 0 Å². The minimum Gasteiger partial charge on any atom is -0.490 e. The van der Waals surface area contributed by atoms with Gasteiger partial charge in [-0.3, -0.25) is 0 Å². The van der Waals surface area contributed by atoms with Crippen molar-refractivity contribution in [1.82, 2.24) is 0 Å². The third-order valence-corrected chi connectivity index (χ3v) is 4.27. The maximum Gasteiger partial charge on any atom is 0.162 e. The monoisotopic (exact) mass is 327 g/mol. The average Bonchev–Trinajstić information content (AvgIpc) is 2.62. The van der Waals surface area contributed by atoms with Crippen LogP contribution in [-0.4, -0.2) is 13.2 Å². The summed E-state index contributed by atoms with van der Waals surface area (Å²) in [6.07, 6.45) is 3.19. The smallest absolute Gasteiger partial charge is 0.162 e. The molecule has 1 heterocycles. The van der Waals surface area contributed by atoms with E-state index in [1.165, 1.54) is 0 Å². The van der Waals surface area contributed by atoms with Crippen molar-refractivity contribution < 1.29 is 9.47 Å². The lowest BCUT2D eigenvalue weighted by Crippen LogP contribution is -2.19. The Kier molecular flexibility index (Phi) is 5.11. The molecule has 1 aliphatic rings. The van der Waals surface area contributed by atoms with Crippen molar-refractivity contribution in [3.63, 3.8) is 0 Å². The SMILES string of the molecule is CCCC(C)C(N)c1cc2c(cc1Br)OCCCO2. The molecule has 1 aromatic rings. The lowest BCUT2D eigenvalue weighted by molar-refractivity contribution is 0.297. The molecule has 1 aromatic carbocycles. The van der Waals surface area contributed by atoms with E-state index in [0.29, 0.717) is 19.1 Å². The molecular formula is C15H22BrNO2. The molecule has 0 saturated carbocycles. The van der Waals surface area contributed by atoms with Gasteiger partial charge >= 0.3 is 0 Å². The van der Waals surface area contributed by atoms with Crippen LogP contribution in [0, 0.1) is 5.92 Å². The minimum absolute atomic E-state index is 0.0199. The first-order valence-corrected chi connectivity index (χ1v) is 7.77. The van der Waals surface area contributed by atoms with Gasteiger partial charge in [-0.05, 0) is 30.0 Å². The van der Waals surface area contributed by atoms with E-state index >= 15 is 0 Å². The van der Waals surface area contributed by atoms with Crippen LogP contribution in [-0.2, 0) is 0 Å². The maximum atomic E-state index is 6.37. The van der Waals surface area contributed by atoms with Crippen molar-refractivity contribution >= 4 is 15.9 Å². The highest BCUT2D eigenvalue weighted by Gasteiger charge is 2.21. The molecule has 0 saturated heterocycles. The van der Waals surface area contributed by atoms with Gasteiger partial charge in [0.15, 0.2) is 11.5 Å². The fourth-order valence-corrected chi connectivity index (χ4v) is 2.98. The van der Waals surface area contributed by atoms with Gasteiger partial charge in [-0.25, -0.2) is 0 Å². The van der Waals surface area contributed by atoms with Crippen molar-refractivity contribution in [1.29, 1.82) is 0 Å². The summed E-state index contributed by atoms with van der Waals surface area (Å²) in [6.45, 7) is 5.79. The highest BCUT2D eigenvalue weighted by Crippen LogP contribution is 2.39. The molecule has 4 heteroatoms. The fraction of sp³-hybridized carbons (Fsp3) is 0.600. The molecule has 106 valence electrons. The predicted molar refractivity (Wildman–Crippen MR) is 80.7 cm³/mol. The standard InChI is InChI=1S/C15H22BrNO2/c1-3-5-10(2)15(17)11-8-13-14(9-12(11)16)19-7-4-6-18-13/h8-10,15H,3-7,17H2,1-2H3.